The first kappa shape index (κ1) is 27.8. The van der Waals surface area contributed by atoms with Crippen LogP contribution in [-0.2, 0) is 9.53 Å². The molecular formula is C33H55NO2. The van der Waals surface area contributed by atoms with Crippen molar-refractivity contribution in [3.05, 3.63) is 23.4 Å². The molecule has 204 valence electrons. The van der Waals surface area contributed by atoms with E-state index in [1.165, 1.54) is 57.8 Å². The lowest BCUT2D eigenvalue weighted by molar-refractivity contribution is -0.151. The summed E-state index contributed by atoms with van der Waals surface area (Å²) in [7, 11) is 0. The van der Waals surface area contributed by atoms with Gasteiger partial charge in [0.2, 0.25) is 0 Å². The van der Waals surface area contributed by atoms with Crippen molar-refractivity contribution in [2.24, 2.45) is 52.1 Å². The summed E-state index contributed by atoms with van der Waals surface area (Å²) in [6.07, 6.45) is 19.8. The second-order valence-corrected chi connectivity index (χ2v) is 14.0. The third-order valence-corrected chi connectivity index (χ3v) is 11.5. The molecule has 0 aromatic heterocycles. The van der Waals surface area contributed by atoms with E-state index in [-0.39, 0.29) is 12.1 Å². The highest BCUT2D eigenvalue weighted by Gasteiger charge is 2.59. The Morgan fingerprint density at radius 2 is 1.86 bits per heavy atom. The van der Waals surface area contributed by atoms with Gasteiger partial charge < -0.3 is 10.5 Å². The molecule has 0 aromatic carbocycles. The Hall–Kier alpha value is -1.25. The minimum absolute atomic E-state index is 0.0524. The van der Waals surface area contributed by atoms with Gasteiger partial charge in [0.15, 0.2) is 0 Å². The summed E-state index contributed by atoms with van der Waals surface area (Å²) in [5.74, 6) is 5.10. The smallest absolute Gasteiger partial charge is 0.306 e. The zero-order valence-corrected chi connectivity index (χ0v) is 24.3. The van der Waals surface area contributed by atoms with Gasteiger partial charge in [-0.25, -0.2) is 0 Å². The maximum absolute atomic E-state index is 12.4. The maximum Gasteiger partial charge on any atom is 0.306 e. The van der Waals surface area contributed by atoms with E-state index in [0.29, 0.717) is 23.7 Å². The molecule has 0 radical (unpaired) electrons. The minimum Gasteiger partial charge on any atom is -0.462 e. The summed E-state index contributed by atoms with van der Waals surface area (Å²) in [6, 6.07) is 0. The summed E-state index contributed by atoms with van der Waals surface area (Å²) < 4.78 is 5.93. The molecule has 0 bridgehead atoms. The number of carbonyl (C=O) groups excluding carboxylic acids is 1. The van der Waals surface area contributed by atoms with E-state index < -0.39 is 0 Å². The van der Waals surface area contributed by atoms with Crippen molar-refractivity contribution in [2.75, 3.05) is 0 Å². The first-order valence-electron chi connectivity index (χ1n) is 15.4. The summed E-state index contributed by atoms with van der Waals surface area (Å²) in [4.78, 5) is 12.4. The molecule has 3 saturated carbocycles. The standard InChI is InChI=1S/C33H55NO2/c1-7-25(34)12-16-31(35)36-26-17-19-32(5)24(21-26)11-13-27-29-15-14-28(23(4)10-8-9-22(2)3)33(29,6)20-18-30(27)32/h7,11,22-23,26-30H,8-10,12-21,34H2,1-6H3/b25-7-. The second kappa shape index (κ2) is 11.2. The van der Waals surface area contributed by atoms with E-state index in [1.807, 2.05) is 13.0 Å². The molecule has 0 aromatic rings. The normalized spacial score (nSPS) is 39.1. The summed E-state index contributed by atoms with van der Waals surface area (Å²) >= 11 is 0. The number of nitrogens with two attached hydrogens (primary N) is 1. The summed E-state index contributed by atoms with van der Waals surface area (Å²) in [6.45, 7) is 14.5. The van der Waals surface area contributed by atoms with Crippen LogP contribution >= 0.6 is 0 Å². The Labute approximate surface area is 222 Å². The second-order valence-electron chi connectivity index (χ2n) is 14.0. The molecular weight excluding hydrogens is 442 g/mol. The van der Waals surface area contributed by atoms with Crippen molar-refractivity contribution in [1.82, 2.24) is 0 Å². The van der Waals surface area contributed by atoms with Crippen LogP contribution < -0.4 is 5.73 Å². The average Bonchev–Trinajstić information content (AvgIpc) is 3.19. The van der Waals surface area contributed by atoms with Gasteiger partial charge in [0, 0.05) is 12.1 Å². The van der Waals surface area contributed by atoms with Gasteiger partial charge in [-0.05, 0) is 105 Å². The molecule has 36 heavy (non-hydrogen) atoms. The Morgan fingerprint density at radius 3 is 2.58 bits per heavy atom. The molecule has 4 rings (SSSR count). The molecule has 3 fully saturated rings. The highest BCUT2D eigenvalue weighted by Crippen LogP contribution is 2.67. The quantitative estimate of drug-likeness (QED) is 0.256. The van der Waals surface area contributed by atoms with Crippen LogP contribution in [-0.4, -0.2) is 12.1 Å². The maximum atomic E-state index is 12.4. The third-order valence-electron chi connectivity index (χ3n) is 11.5. The molecule has 0 amide bonds. The van der Waals surface area contributed by atoms with Crippen molar-refractivity contribution in [3.63, 3.8) is 0 Å². The van der Waals surface area contributed by atoms with Gasteiger partial charge >= 0.3 is 5.97 Å². The highest BCUT2D eigenvalue weighted by molar-refractivity contribution is 5.70. The van der Waals surface area contributed by atoms with Crippen LogP contribution in [0.25, 0.3) is 0 Å². The zero-order valence-electron chi connectivity index (χ0n) is 24.3. The van der Waals surface area contributed by atoms with Crippen molar-refractivity contribution in [2.45, 2.75) is 131 Å². The van der Waals surface area contributed by atoms with Crippen molar-refractivity contribution in [1.29, 1.82) is 0 Å². The van der Waals surface area contributed by atoms with Crippen molar-refractivity contribution < 1.29 is 9.53 Å². The Balaban J connectivity index is 1.39. The average molecular weight is 498 g/mol. The molecule has 8 unspecified atom stereocenters. The van der Waals surface area contributed by atoms with Crippen molar-refractivity contribution in [3.8, 4) is 0 Å². The van der Waals surface area contributed by atoms with Crippen LogP contribution in [0.5, 0.6) is 0 Å². The summed E-state index contributed by atoms with van der Waals surface area (Å²) in [5.41, 5.74) is 9.09. The number of fused-ring (bicyclic) bond motifs is 5. The van der Waals surface area contributed by atoms with E-state index in [0.717, 1.165) is 54.0 Å². The third kappa shape index (κ3) is 5.46. The zero-order chi connectivity index (χ0) is 26.1. The fraction of sp³-hybridized carbons (Fsp3) is 0.848. The van der Waals surface area contributed by atoms with Crippen LogP contribution in [0.2, 0.25) is 0 Å². The largest absolute Gasteiger partial charge is 0.462 e. The molecule has 0 saturated heterocycles. The lowest BCUT2D eigenvalue weighted by Crippen LogP contribution is -2.51. The van der Waals surface area contributed by atoms with Gasteiger partial charge in [-0.15, -0.1) is 0 Å². The first-order chi connectivity index (χ1) is 17.1. The number of allylic oxidation sites excluding steroid dienone is 3. The molecule has 3 heteroatoms. The van der Waals surface area contributed by atoms with Crippen LogP contribution in [0.15, 0.2) is 23.4 Å². The van der Waals surface area contributed by atoms with Gasteiger partial charge in [0.1, 0.15) is 6.10 Å². The topological polar surface area (TPSA) is 52.3 Å². The Bertz CT molecular complexity index is 843. The molecule has 0 heterocycles. The van der Waals surface area contributed by atoms with Crippen LogP contribution in [0, 0.1) is 46.3 Å². The number of ether oxygens (including phenoxy) is 1. The number of hydrogen-bond donors (Lipinski definition) is 1. The highest BCUT2D eigenvalue weighted by atomic mass is 16.5. The van der Waals surface area contributed by atoms with Gasteiger partial charge in [-0.2, -0.15) is 0 Å². The van der Waals surface area contributed by atoms with Gasteiger partial charge in [-0.3, -0.25) is 4.79 Å². The van der Waals surface area contributed by atoms with Crippen LogP contribution in [0.1, 0.15) is 125 Å². The van der Waals surface area contributed by atoms with Gasteiger partial charge in [-0.1, -0.05) is 71.6 Å². The first-order valence-corrected chi connectivity index (χ1v) is 15.4. The number of esters is 1. The van der Waals surface area contributed by atoms with Crippen molar-refractivity contribution >= 4 is 5.97 Å². The Morgan fingerprint density at radius 1 is 1.08 bits per heavy atom. The van der Waals surface area contributed by atoms with E-state index >= 15 is 0 Å². The van der Waals surface area contributed by atoms with E-state index in [2.05, 4.69) is 40.7 Å². The Kier molecular flexibility index (Phi) is 8.67. The lowest BCUT2D eigenvalue weighted by Gasteiger charge is -2.58. The molecule has 0 spiro atoms. The fourth-order valence-corrected chi connectivity index (χ4v) is 9.39. The van der Waals surface area contributed by atoms with E-state index in [9.17, 15) is 4.79 Å². The predicted molar refractivity (Wildman–Crippen MR) is 150 cm³/mol. The van der Waals surface area contributed by atoms with E-state index in [4.69, 9.17) is 10.5 Å². The van der Waals surface area contributed by atoms with Gasteiger partial charge in [0.25, 0.3) is 0 Å². The SMILES string of the molecule is C/C=C(\N)CCC(=O)OC1CCC2(C)C(=CCC3C2CCC2(C)C(C(C)CCCC(C)C)CCC32)C1. The molecule has 0 aliphatic heterocycles. The molecule has 3 nitrogen and oxygen atoms in total. The monoisotopic (exact) mass is 497 g/mol. The minimum atomic E-state index is -0.0874. The van der Waals surface area contributed by atoms with Crippen LogP contribution in [0.4, 0.5) is 0 Å². The predicted octanol–water partition coefficient (Wildman–Crippen LogP) is 8.58. The molecule has 4 aliphatic carbocycles. The number of rotatable bonds is 9. The molecule has 4 aliphatic rings. The fourth-order valence-electron chi connectivity index (χ4n) is 9.39. The molecule has 2 N–H and O–H groups in total. The number of hydrogen-bond acceptors (Lipinski definition) is 3. The van der Waals surface area contributed by atoms with E-state index in [1.54, 1.807) is 5.57 Å². The van der Waals surface area contributed by atoms with Crippen LogP contribution in [0.3, 0.4) is 0 Å². The molecule has 8 atom stereocenters. The summed E-state index contributed by atoms with van der Waals surface area (Å²) in [5, 5.41) is 0. The van der Waals surface area contributed by atoms with Gasteiger partial charge in [0.05, 0.1) is 6.42 Å². The number of carbonyl (C=O) groups is 1. The lowest BCUT2D eigenvalue weighted by atomic mass is 9.47.